The van der Waals surface area contributed by atoms with Crippen molar-refractivity contribution in [2.45, 2.75) is 45.1 Å². The minimum Gasteiger partial charge on any atom is -0.481 e. The summed E-state index contributed by atoms with van der Waals surface area (Å²) in [6.07, 6.45) is 5.62. The predicted octanol–water partition coefficient (Wildman–Crippen LogP) is 2.66. The van der Waals surface area contributed by atoms with Crippen LogP contribution in [0.15, 0.2) is 29.9 Å². The third-order valence-corrected chi connectivity index (χ3v) is 4.85. The zero-order valence-corrected chi connectivity index (χ0v) is 14.6. The van der Waals surface area contributed by atoms with Crippen LogP contribution < -0.4 is 5.32 Å². The number of hydrogen-bond donors (Lipinski definition) is 2. The van der Waals surface area contributed by atoms with E-state index in [1.807, 2.05) is 23.7 Å². The number of rotatable bonds is 10. The first-order valence-corrected chi connectivity index (χ1v) is 9.00. The molecule has 1 atom stereocenters. The minimum absolute atomic E-state index is 0.0250. The van der Waals surface area contributed by atoms with E-state index in [1.54, 1.807) is 6.20 Å². The standard InChI is InChI=1S/C17H23N3O3S/c1-2-15-18-7-9-20(15)8-4-6-19-16(21)11-13(12-17(22)23)14-5-3-10-24-14/h3,5,7,9-10,13H,2,4,6,8,11-12H2,1H3,(H,19,21)(H,22,23). The fraction of sp³-hybridized carbons (Fsp3) is 0.471. The molecule has 1 amide bonds. The second-order valence-electron chi connectivity index (χ2n) is 5.61. The highest BCUT2D eigenvalue weighted by Gasteiger charge is 2.20. The fourth-order valence-electron chi connectivity index (χ4n) is 2.64. The van der Waals surface area contributed by atoms with Crippen molar-refractivity contribution < 1.29 is 14.7 Å². The van der Waals surface area contributed by atoms with Crippen LogP contribution in [0.1, 0.15) is 42.8 Å². The minimum atomic E-state index is -0.881. The van der Waals surface area contributed by atoms with Crippen molar-refractivity contribution in [3.8, 4) is 0 Å². The van der Waals surface area contributed by atoms with Crippen LogP contribution in [0.4, 0.5) is 0 Å². The lowest BCUT2D eigenvalue weighted by molar-refractivity contribution is -0.137. The van der Waals surface area contributed by atoms with Gasteiger partial charge in [0.05, 0.1) is 6.42 Å². The Morgan fingerprint density at radius 2 is 2.25 bits per heavy atom. The van der Waals surface area contributed by atoms with Gasteiger partial charge < -0.3 is 15.0 Å². The van der Waals surface area contributed by atoms with Crippen molar-refractivity contribution in [2.24, 2.45) is 0 Å². The van der Waals surface area contributed by atoms with Crippen LogP contribution >= 0.6 is 11.3 Å². The number of thiophene rings is 1. The molecular weight excluding hydrogens is 326 g/mol. The molecule has 6 nitrogen and oxygen atoms in total. The summed E-state index contributed by atoms with van der Waals surface area (Å²) in [6, 6.07) is 3.76. The van der Waals surface area contributed by atoms with Gasteiger partial charge in [0.25, 0.3) is 0 Å². The molecule has 2 N–H and O–H groups in total. The average Bonchev–Trinajstić information content (AvgIpc) is 3.21. The van der Waals surface area contributed by atoms with Crippen molar-refractivity contribution in [2.75, 3.05) is 6.54 Å². The predicted molar refractivity (Wildman–Crippen MR) is 93.2 cm³/mol. The van der Waals surface area contributed by atoms with Crippen LogP contribution in [0.25, 0.3) is 0 Å². The summed E-state index contributed by atoms with van der Waals surface area (Å²) in [7, 11) is 0. The van der Waals surface area contributed by atoms with Crippen molar-refractivity contribution in [1.82, 2.24) is 14.9 Å². The quantitative estimate of drug-likeness (QED) is 0.646. The van der Waals surface area contributed by atoms with Crippen LogP contribution in [0, 0.1) is 0 Å². The normalized spacial score (nSPS) is 12.0. The molecule has 2 rings (SSSR count). The molecule has 1 unspecified atom stereocenters. The van der Waals surface area contributed by atoms with E-state index in [-0.39, 0.29) is 24.7 Å². The molecule has 7 heteroatoms. The molecule has 0 saturated heterocycles. The molecule has 2 aromatic heterocycles. The van der Waals surface area contributed by atoms with Crippen molar-refractivity contribution in [3.05, 3.63) is 40.6 Å². The molecule has 24 heavy (non-hydrogen) atoms. The Morgan fingerprint density at radius 3 is 2.92 bits per heavy atom. The highest BCUT2D eigenvalue weighted by molar-refractivity contribution is 7.10. The molecule has 0 aromatic carbocycles. The molecule has 0 aliphatic rings. The van der Waals surface area contributed by atoms with E-state index < -0.39 is 5.97 Å². The third kappa shape index (κ3) is 5.49. The number of nitrogens with zero attached hydrogens (tertiary/aromatic N) is 2. The number of aromatic nitrogens is 2. The number of aryl methyl sites for hydroxylation is 2. The monoisotopic (exact) mass is 349 g/mol. The molecule has 0 saturated carbocycles. The highest BCUT2D eigenvalue weighted by atomic mass is 32.1. The first-order valence-electron chi connectivity index (χ1n) is 8.12. The second kappa shape index (κ2) is 9.22. The Bertz CT molecular complexity index is 652. The van der Waals surface area contributed by atoms with Crippen LogP contribution in [-0.2, 0) is 22.6 Å². The summed E-state index contributed by atoms with van der Waals surface area (Å²) >= 11 is 1.49. The molecule has 0 fully saturated rings. The van der Waals surface area contributed by atoms with E-state index >= 15 is 0 Å². The van der Waals surface area contributed by atoms with Gasteiger partial charge in [-0.05, 0) is 17.9 Å². The first kappa shape index (κ1) is 18.2. The highest BCUT2D eigenvalue weighted by Crippen LogP contribution is 2.27. The molecule has 0 bridgehead atoms. The number of imidazole rings is 1. The Hall–Kier alpha value is -2.15. The van der Waals surface area contributed by atoms with Crippen LogP contribution in [0.5, 0.6) is 0 Å². The summed E-state index contributed by atoms with van der Waals surface area (Å²) in [5, 5.41) is 13.8. The Labute approximate surface area is 145 Å². The van der Waals surface area contributed by atoms with Gasteiger partial charge >= 0.3 is 5.97 Å². The molecule has 0 spiro atoms. The smallest absolute Gasteiger partial charge is 0.304 e. The van der Waals surface area contributed by atoms with Crippen LogP contribution in [0.3, 0.4) is 0 Å². The van der Waals surface area contributed by atoms with E-state index in [2.05, 4.69) is 21.8 Å². The maximum atomic E-state index is 12.1. The van der Waals surface area contributed by atoms with E-state index in [9.17, 15) is 9.59 Å². The number of carbonyl (C=O) groups is 2. The number of carboxylic acid groups (broad SMARTS) is 1. The zero-order valence-electron chi connectivity index (χ0n) is 13.8. The van der Waals surface area contributed by atoms with Crippen molar-refractivity contribution >= 4 is 23.2 Å². The van der Waals surface area contributed by atoms with Crippen LogP contribution in [0.2, 0.25) is 0 Å². The van der Waals surface area contributed by atoms with Crippen molar-refractivity contribution in [3.63, 3.8) is 0 Å². The number of aliphatic carboxylic acids is 1. The molecule has 0 radical (unpaired) electrons. The molecular formula is C17H23N3O3S. The zero-order chi connectivity index (χ0) is 17.4. The Kier molecular flexibility index (Phi) is 6.99. The van der Waals surface area contributed by atoms with Crippen molar-refractivity contribution in [1.29, 1.82) is 0 Å². The number of hydrogen-bond acceptors (Lipinski definition) is 4. The summed E-state index contributed by atoms with van der Waals surface area (Å²) in [4.78, 5) is 28.3. The lowest BCUT2D eigenvalue weighted by atomic mass is 9.99. The van der Waals surface area contributed by atoms with Gasteiger partial charge in [0.1, 0.15) is 5.82 Å². The van der Waals surface area contributed by atoms with Crippen LogP contribution in [-0.4, -0.2) is 33.1 Å². The topological polar surface area (TPSA) is 84.2 Å². The lowest BCUT2D eigenvalue weighted by Gasteiger charge is -2.13. The maximum Gasteiger partial charge on any atom is 0.304 e. The third-order valence-electron chi connectivity index (χ3n) is 3.81. The summed E-state index contributed by atoms with van der Waals surface area (Å²) in [5.41, 5.74) is 0. The van der Waals surface area contributed by atoms with Gasteiger partial charge in [-0.3, -0.25) is 9.59 Å². The summed E-state index contributed by atoms with van der Waals surface area (Å²) in [5.74, 6) is -0.201. The maximum absolute atomic E-state index is 12.1. The number of carbonyl (C=O) groups excluding carboxylic acids is 1. The van der Waals surface area contributed by atoms with E-state index in [4.69, 9.17) is 5.11 Å². The fourth-order valence-corrected chi connectivity index (χ4v) is 3.47. The van der Waals surface area contributed by atoms with Gasteiger partial charge in [-0.2, -0.15) is 0 Å². The van der Waals surface area contributed by atoms with E-state index in [0.29, 0.717) is 6.54 Å². The SMILES string of the molecule is CCc1nccn1CCCNC(=O)CC(CC(=O)O)c1cccs1. The van der Waals surface area contributed by atoms with Gasteiger partial charge in [0.2, 0.25) is 5.91 Å². The number of carboxylic acids is 1. The summed E-state index contributed by atoms with van der Waals surface area (Å²) in [6.45, 7) is 3.45. The Balaban J connectivity index is 1.76. The summed E-state index contributed by atoms with van der Waals surface area (Å²) < 4.78 is 2.09. The van der Waals surface area contributed by atoms with Gasteiger partial charge in [0, 0.05) is 49.1 Å². The first-order chi connectivity index (χ1) is 11.6. The molecule has 0 aliphatic carbocycles. The molecule has 130 valence electrons. The largest absolute Gasteiger partial charge is 0.481 e. The number of nitrogens with one attached hydrogen (secondary N) is 1. The number of amides is 1. The molecule has 2 aromatic rings. The molecule has 2 heterocycles. The average molecular weight is 349 g/mol. The van der Waals surface area contributed by atoms with E-state index in [1.165, 1.54) is 11.3 Å². The lowest BCUT2D eigenvalue weighted by Crippen LogP contribution is -2.27. The second-order valence-corrected chi connectivity index (χ2v) is 6.59. The van der Waals surface area contributed by atoms with E-state index in [0.717, 1.165) is 30.1 Å². The molecule has 0 aliphatic heterocycles. The van der Waals surface area contributed by atoms with Gasteiger partial charge in [-0.1, -0.05) is 13.0 Å². The van der Waals surface area contributed by atoms with Gasteiger partial charge in [-0.25, -0.2) is 4.98 Å². The van der Waals surface area contributed by atoms with Gasteiger partial charge in [-0.15, -0.1) is 11.3 Å². The van der Waals surface area contributed by atoms with Gasteiger partial charge in [0.15, 0.2) is 0 Å². The Morgan fingerprint density at radius 1 is 1.42 bits per heavy atom.